The summed E-state index contributed by atoms with van der Waals surface area (Å²) in [6.07, 6.45) is 0. The van der Waals surface area contributed by atoms with Crippen molar-refractivity contribution in [3.05, 3.63) is 76.1 Å². The Bertz CT molecular complexity index is 1170. The molecule has 1 aromatic heterocycles. The second kappa shape index (κ2) is 11.1. The Morgan fingerprint density at radius 1 is 1.00 bits per heavy atom. The van der Waals surface area contributed by atoms with Crippen molar-refractivity contribution in [3.63, 3.8) is 0 Å². The fraction of sp³-hybridized carbons (Fsp3) is 0.208. The molecule has 9 heteroatoms. The quantitative estimate of drug-likeness (QED) is 0.413. The number of rotatable bonds is 8. The SMILES string of the molecule is CCOC(=O)c1c(C)[nH]c(C(=O)OCC(=O)Nc2ccccc2Sc2ccc(Cl)cc2)c1C. The first-order chi connectivity index (χ1) is 15.8. The van der Waals surface area contributed by atoms with Gasteiger partial charge in [0.05, 0.1) is 17.9 Å². The Morgan fingerprint density at radius 2 is 1.70 bits per heavy atom. The molecular weight excluding hydrogens is 464 g/mol. The van der Waals surface area contributed by atoms with E-state index >= 15 is 0 Å². The number of hydrogen-bond donors (Lipinski definition) is 2. The van der Waals surface area contributed by atoms with Crippen LogP contribution in [0, 0.1) is 13.8 Å². The molecule has 0 unspecified atom stereocenters. The lowest BCUT2D eigenvalue weighted by Crippen LogP contribution is -2.21. The van der Waals surface area contributed by atoms with E-state index in [9.17, 15) is 14.4 Å². The highest BCUT2D eigenvalue weighted by atomic mass is 35.5. The average Bonchev–Trinajstić information content (AvgIpc) is 3.09. The van der Waals surface area contributed by atoms with Gasteiger partial charge in [0, 0.05) is 20.5 Å². The van der Waals surface area contributed by atoms with E-state index in [1.807, 2.05) is 24.3 Å². The minimum atomic E-state index is -0.731. The summed E-state index contributed by atoms with van der Waals surface area (Å²) in [6.45, 7) is 4.73. The monoisotopic (exact) mass is 486 g/mol. The molecule has 0 bridgehead atoms. The first-order valence-corrected chi connectivity index (χ1v) is 11.3. The van der Waals surface area contributed by atoms with Gasteiger partial charge in [0.1, 0.15) is 5.69 Å². The predicted molar refractivity (Wildman–Crippen MR) is 127 cm³/mol. The molecular formula is C24H23ClN2O5S. The summed E-state index contributed by atoms with van der Waals surface area (Å²) in [7, 11) is 0. The number of anilines is 1. The lowest BCUT2D eigenvalue weighted by Gasteiger charge is -2.11. The van der Waals surface area contributed by atoms with Crippen LogP contribution in [0.3, 0.4) is 0 Å². The van der Waals surface area contributed by atoms with Gasteiger partial charge in [-0.15, -0.1) is 0 Å². The molecule has 0 fully saturated rings. The molecule has 3 aromatic rings. The molecule has 7 nitrogen and oxygen atoms in total. The number of H-pyrrole nitrogens is 1. The van der Waals surface area contributed by atoms with Gasteiger partial charge in [-0.25, -0.2) is 9.59 Å². The van der Waals surface area contributed by atoms with Gasteiger partial charge in [0.2, 0.25) is 0 Å². The van der Waals surface area contributed by atoms with Gasteiger partial charge in [0.15, 0.2) is 6.61 Å². The maximum Gasteiger partial charge on any atom is 0.355 e. The number of ether oxygens (including phenoxy) is 2. The molecule has 0 aliphatic rings. The van der Waals surface area contributed by atoms with E-state index in [0.717, 1.165) is 9.79 Å². The molecule has 172 valence electrons. The van der Waals surface area contributed by atoms with Crippen molar-refractivity contribution < 1.29 is 23.9 Å². The fourth-order valence-corrected chi connectivity index (χ4v) is 4.17. The van der Waals surface area contributed by atoms with Crippen LogP contribution in [-0.2, 0) is 14.3 Å². The highest BCUT2D eigenvalue weighted by molar-refractivity contribution is 7.99. The Balaban J connectivity index is 1.63. The zero-order valence-electron chi connectivity index (χ0n) is 18.4. The number of nitrogens with one attached hydrogen (secondary N) is 2. The van der Waals surface area contributed by atoms with Crippen LogP contribution >= 0.6 is 23.4 Å². The van der Waals surface area contributed by atoms with Crippen LogP contribution in [0.2, 0.25) is 5.02 Å². The Hall–Kier alpha value is -3.23. The van der Waals surface area contributed by atoms with Crippen molar-refractivity contribution >= 4 is 46.9 Å². The van der Waals surface area contributed by atoms with Crippen LogP contribution < -0.4 is 5.32 Å². The lowest BCUT2D eigenvalue weighted by molar-refractivity contribution is -0.119. The molecule has 0 spiro atoms. The normalized spacial score (nSPS) is 10.5. The van der Waals surface area contributed by atoms with Crippen LogP contribution in [-0.4, -0.2) is 36.0 Å². The van der Waals surface area contributed by atoms with Gasteiger partial charge in [-0.2, -0.15) is 0 Å². The summed E-state index contributed by atoms with van der Waals surface area (Å²) in [5.41, 5.74) is 1.91. The van der Waals surface area contributed by atoms with Crippen LogP contribution in [0.1, 0.15) is 39.0 Å². The van der Waals surface area contributed by atoms with Crippen molar-refractivity contribution in [2.24, 2.45) is 0 Å². The summed E-state index contributed by atoms with van der Waals surface area (Å²) in [6, 6.07) is 14.7. The Labute approximate surface area is 200 Å². The highest BCUT2D eigenvalue weighted by Crippen LogP contribution is 2.33. The highest BCUT2D eigenvalue weighted by Gasteiger charge is 2.24. The number of aryl methyl sites for hydroxylation is 1. The van der Waals surface area contributed by atoms with Crippen LogP contribution in [0.5, 0.6) is 0 Å². The third-order valence-electron chi connectivity index (χ3n) is 4.66. The van der Waals surface area contributed by atoms with Gasteiger partial charge in [-0.05, 0) is 62.7 Å². The zero-order chi connectivity index (χ0) is 24.0. The molecule has 0 atom stereocenters. The molecule has 2 N–H and O–H groups in total. The minimum absolute atomic E-state index is 0.113. The largest absolute Gasteiger partial charge is 0.462 e. The van der Waals surface area contributed by atoms with Crippen LogP contribution in [0.25, 0.3) is 0 Å². The summed E-state index contributed by atoms with van der Waals surface area (Å²) >= 11 is 7.40. The molecule has 1 heterocycles. The van der Waals surface area contributed by atoms with Gasteiger partial charge in [-0.1, -0.05) is 35.5 Å². The molecule has 0 aliphatic carbocycles. The van der Waals surface area contributed by atoms with Gasteiger partial charge in [-0.3, -0.25) is 4.79 Å². The summed E-state index contributed by atoms with van der Waals surface area (Å²) < 4.78 is 10.2. The van der Waals surface area contributed by atoms with Crippen LogP contribution in [0.15, 0.2) is 58.3 Å². The molecule has 2 aromatic carbocycles. The number of aromatic amines is 1. The number of carbonyl (C=O) groups is 3. The van der Waals surface area contributed by atoms with Crippen molar-refractivity contribution in [1.29, 1.82) is 0 Å². The number of benzene rings is 2. The van der Waals surface area contributed by atoms with Crippen molar-refractivity contribution in [2.75, 3.05) is 18.5 Å². The zero-order valence-corrected chi connectivity index (χ0v) is 19.9. The third-order valence-corrected chi connectivity index (χ3v) is 5.99. The minimum Gasteiger partial charge on any atom is -0.462 e. The van der Waals surface area contributed by atoms with Crippen molar-refractivity contribution in [3.8, 4) is 0 Å². The topological polar surface area (TPSA) is 97.5 Å². The Morgan fingerprint density at radius 3 is 2.39 bits per heavy atom. The number of carbonyl (C=O) groups excluding carboxylic acids is 3. The number of aromatic nitrogens is 1. The second-order valence-corrected chi connectivity index (χ2v) is 8.57. The van der Waals surface area contributed by atoms with Gasteiger partial charge < -0.3 is 19.8 Å². The van der Waals surface area contributed by atoms with E-state index in [2.05, 4.69) is 10.3 Å². The number of esters is 2. The molecule has 3 rings (SSSR count). The Kier molecular flexibility index (Phi) is 8.19. The van der Waals surface area contributed by atoms with E-state index in [1.54, 1.807) is 45.0 Å². The van der Waals surface area contributed by atoms with E-state index in [4.69, 9.17) is 21.1 Å². The van der Waals surface area contributed by atoms with Gasteiger partial charge in [0.25, 0.3) is 5.91 Å². The number of hydrogen-bond acceptors (Lipinski definition) is 6. The predicted octanol–water partition coefficient (Wildman–Crippen LogP) is 5.41. The summed E-state index contributed by atoms with van der Waals surface area (Å²) in [4.78, 5) is 41.7. The van der Waals surface area contributed by atoms with Crippen molar-refractivity contribution in [2.45, 2.75) is 30.6 Å². The van der Waals surface area contributed by atoms with Gasteiger partial charge >= 0.3 is 11.9 Å². The molecule has 1 amide bonds. The van der Waals surface area contributed by atoms with Crippen LogP contribution in [0.4, 0.5) is 5.69 Å². The number of para-hydroxylation sites is 1. The maximum atomic E-state index is 12.5. The standard InChI is InChI=1S/C24H23ClN2O5S/c1-4-31-23(29)21-14(2)22(26-15(21)3)24(30)32-13-20(28)27-18-7-5-6-8-19(18)33-17-11-9-16(25)10-12-17/h5-12,26H,4,13H2,1-3H3,(H,27,28). The van der Waals surface area contributed by atoms with E-state index in [1.165, 1.54) is 11.8 Å². The molecule has 0 saturated heterocycles. The van der Waals surface area contributed by atoms with E-state index in [-0.39, 0.29) is 12.3 Å². The number of halogens is 1. The molecule has 0 radical (unpaired) electrons. The third kappa shape index (κ3) is 6.18. The molecule has 0 saturated carbocycles. The average molecular weight is 487 g/mol. The maximum absolute atomic E-state index is 12.5. The number of amides is 1. The lowest BCUT2D eigenvalue weighted by atomic mass is 10.1. The molecule has 0 aliphatic heterocycles. The van der Waals surface area contributed by atoms with E-state index < -0.39 is 24.5 Å². The smallest absolute Gasteiger partial charge is 0.355 e. The first kappa shape index (κ1) is 24.4. The fourth-order valence-electron chi connectivity index (χ4n) is 3.14. The van der Waals surface area contributed by atoms with E-state index in [0.29, 0.717) is 27.5 Å². The second-order valence-electron chi connectivity index (χ2n) is 7.02. The first-order valence-electron chi connectivity index (χ1n) is 10.2. The molecule has 33 heavy (non-hydrogen) atoms. The van der Waals surface area contributed by atoms with Crippen molar-refractivity contribution in [1.82, 2.24) is 4.98 Å². The summed E-state index contributed by atoms with van der Waals surface area (Å²) in [5, 5.41) is 3.41. The summed E-state index contributed by atoms with van der Waals surface area (Å²) in [5.74, 6) is -1.74.